The molecule has 134 valence electrons. The average molecular weight is 361 g/mol. The molecule has 2 heteroatoms. The van der Waals surface area contributed by atoms with Crippen molar-refractivity contribution in [1.82, 2.24) is 0 Å². The van der Waals surface area contributed by atoms with Gasteiger partial charge in [0.1, 0.15) is 0 Å². The second kappa shape index (κ2) is 6.82. The zero-order chi connectivity index (χ0) is 18.9. The van der Waals surface area contributed by atoms with Gasteiger partial charge in [-0.25, -0.2) is 0 Å². The topological polar surface area (TPSA) is 26.9 Å². The molecule has 0 atom stereocenters. The molecule has 0 saturated carbocycles. The van der Waals surface area contributed by atoms with Gasteiger partial charge in [0.15, 0.2) is 0 Å². The highest BCUT2D eigenvalue weighted by atomic mass is 16.5. The van der Waals surface area contributed by atoms with Gasteiger partial charge >= 0.3 is 0 Å². The van der Waals surface area contributed by atoms with Crippen molar-refractivity contribution >= 4 is 21.7 Å². The van der Waals surface area contributed by atoms with Gasteiger partial charge in [0.25, 0.3) is 0 Å². The molecule has 0 fully saturated rings. The van der Waals surface area contributed by atoms with Crippen molar-refractivity contribution in [3.8, 4) is 0 Å². The maximum Gasteiger partial charge on any atom is 0.224 e. The van der Waals surface area contributed by atoms with Crippen molar-refractivity contribution in [2.75, 3.05) is 0 Å². The monoisotopic (exact) mass is 361 g/mol. The van der Waals surface area contributed by atoms with Crippen LogP contribution in [0.15, 0.2) is 109 Å². The lowest BCUT2D eigenvalue weighted by Crippen LogP contribution is -2.35. The molecule has 5 rings (SSSR count). The highest BCUT2D eigenvalue weighted by Crippen LogP contribution is 2.36. The number of fused-ring (bicyclic) bond motifs is 3. The zero-order valence-corrected chi connectivity index (χ0v) is 15.3. The van der Waals surface area contributed by atoms with E-state index in [-0.39, 0.29) is 5.92 Å². The van der Waals surface area contributed by atoms with Crippen LogP contribution >= 0.6 is 0 Å². The van der Waals surface area contributed by atoms with Crippen molar-refractivity contribution < 1.29 is 4.73 Å². The summed E-state index contributed by atoms with van der Waals surface area (Å²) >= 11 is 0. The fourth-order valence-corrected chi connectivity index (χ4v) is 4.13. The Labute approximate surface area is 163 Å². The molecule has 1 heterocycles. The third kappa shape index (κ3) is 2.62. The minimum atomic E-state index is -0.144. The Morgan fingerprint density at radius 3 is 1.57 bits per heavy atom. The van der Waals surface area contributed by atoms with Crippen LogP contribution in [0.2, 0.25) is 0 Å². The number of benzene rings is 4. The molecular weight excluding hydrogens is 342 g/mol. The van der Waals surface area contributed by atoms with E-state index in [1.807, 2.05) is 72.8 Å². The van der Waals surface area contributed by atoms with Crippen LogP contribution in [-0.2, 0) is 0 Å². The Kier molecular flexibility index (Phi) is 4.02. The fourth-order valence-electron chi connectivity index (χ4n) is 4.13. The summed E-state index contributed by atoms with van der Waals surface area (Å²) < 4.78 is 1.13. The first-order chi connectivity index (χ1) is 13.8. The highest BCUT2D eigenvalue weighted by molar-refractivity contribution is 6.05. The zero-order valence-electron chi connectivity index (χ0n) is 15.3. The molecule has 0 unspecified atom stereocenters. The van der Waals surface area contributed by atoms with E-state index < -0.39 is 0 Å². The van der Waals surface area contributed by atoms with Gasteiger partial charge in [0.05, 0.1) is 16.7 Å². The first-order valence-electron chi connectivity index (χ1n) is 9.47. The molecular formula is C26H19NO. The normalized spacial score (nSPS) is 11.3. The summed E-state index contributed by atoms with van der Waals surface area (Å²) in [6.07, 6.45) is 0. The number of hydrogen-bond donors (Lipinski definition) is 0. The van der Waals surface area contributed by atoms with Crippen molar-refractivity contribution in [3.05, 3.63) is 131 Å². The largest absolute Gasteiger partial charge is 0.618 e. The second-order valence-corrected chi connectivity index (χ2v) is 7.00. The molecule has 0 aliphatic carbocycles. The van der Waals surface area contributed by atoms with Crippen LogP contribution in [0.5, 0.6) is 0 Å². The molecule has 28 heavy (non-hydrogen) atoms. The highest BCUT2D eigenvalue weighted by Gasteiger charge is 2.28. The molecule has 2 nitrogen and oxygen atoms in total. The fraction of sp³-hybridized carbons (Fsp3) is 0.0385. The molecule has 0 spiro atoms. The van der Waals surface area contributed by atoms with Gasteiger partial charge in [-0.15, -0.1) is 0 Å². The Balaban J connectivity index is 1.93. The second-order valence-electron chi connectivity index (χ2n) is 7.00. The number of pyridine rings is 1. The van der Waals surface area contributed by atoms with E-state index in [9.17, 15) is 5.21 Å². The predicted molar refractivity (Wildman–Crippen MR) is 114 cm³/mol. The summed E-state index contributed by atoms with van der Waals surface area (Å²) in [5, 5.41) is 16.7. The van der Waals surface area contributed by atoms with Crippen LogP contribution < -0.4 is 4.73 Å². The molecule has 0 aliphatic rings. The lowest BCUT2D eigenvalue weighted by molar-refractivity contribution is -0.584. The summed E-state index contributed by atoms with van der Waals surface area (Å²) in [6.45, 7) is 0. The van der Waals surface area contributed by atoms with Crippen LogP contribution in [0.1, 0.15) is 22.7 Å². The summed E-state index contributed by atoms with van der Waals surface area (Å²) in [5.74, 6) is -0.144. The van der Waals surface area contributed by atoms with Crippen LogP contribution in [0.4, 0.5) is 0 Å². The van der Waals surface area contributed by atoms with E-state index in [0.717, 1.165) is 37.7 Å². The average Bonchev–Trinajstić information content (AvgIpc) is 2.78. The Bertz CT molecular complexity index is 1220. The summed E-state index contributed by atoms with van der Waals surface area (Å²) in [4.78, 5) is 0. The Morgan fingerprint density at radius 1 is 0.500 bits per heavy atom. The van der Waals surface area contributed by atoms with Gasteiger partial charge in [0.2, 0.25) is 11.2 Å². The van der Waals surface area contributed by atoms with Gasteiger partial charge in [0, 0.05) is 11.5 Å². The maximum atomic E-state index is 13.6. The number of para-hydroxylation sites is 1. The third-order valence-electron chi connectivity index (χ3n) is 5.37. The Hall–Kier alpha value is -3.65. The van der Waals surface area contributed by atoms with E-state index in [2.05, 4.69) is 36.4 Å². The smallest absolute Gasteiger partial charge is 0.224 e. The van der Waals surface area contributed by atoms with Gasteiger partial charge < -0.3 is 5.21 Å². The molecule has 0 saturated heterocycles. The first-order valence-corrected chi connectivity index (χ1v) is 9.47. The quantitative estimate of drug-likeness (QED) is 0.226. The van der Waals surface area contributed by atoms with E-state index in [0.29, 0.717) is 5.52 Å². The SMILES string of the molecule is [O-][n+]1c(C(c2ccccc2)c2ccccc2)c2ccccc2c2ccccc21. The van der Waals surface area contributed by atoms with Crippen LogP contribution in [0, 0.1) is 5.21 Å². The number of hydrogen-bond acceptors (Lipinski definition) is 1. The van der Waals surface area contributed by atoms with Crippen LogP contribution in [0.25, 0.3) is 21.7 Å². The predicted octanol–water partition coefficient (Wildman–Crippen LogP) is 5.81. The van der Waals surface area contributed by atoms with Crippen LogP contribution in [-0.4, -0.2) is 0 Å². The minimum Gasteiger partial charge on any atom is -0.618 e. The molecule has 4 aromatic carbocycles. The molecule has 0 N–H and O–H groups in total. The van der Waals surface area contributed by atoms with Crippen molar-refractivity contribution in [1.29, 1.82) is 0 Å². The molecule has 0 bridgehead atoms. The number of nitrogens with zero attached hydrogens (tertiary/aromatic N) is 1. The molecule has 0 aliphatic heterocycles. The molecule has 1 aromatic heterocycles. The van der Waals surface area contributed by atoms with Gasteiger partial charge in [-0.3, -0.25) is 0 Å². The first kappa shape index (κ1) is 16.5. The van der Waals surface area contributed by atoms with E-state index in [1.54, 1.807) is 0 Å². The lowest BCUT2D eigenvalue weighted by Gasteiger charge is -2.20. The number of aromatic nitrogens is 1. The van der Waals surface area contributed by atoms with Gasteiger partial charge in [-0.05, 0) is 23.3 Å². The Morgan fingerprint density at radius 2 is 0.964 bits per heavy atom. The van der Waals surface area contributed by atoms with Gasteiger partial charge in [-0.2, -0.15) is 4.73 Å². The van der Waals surface area contributed by atoms with E-state index in [4.69, 9.17) is 0 Å². The van der Waals surface area contributed by atoms with Gasteiger partial charge in [-0.1, -0.05) is 91.0 Å². The molecule has 0 radical (unpaired) electrons. The third-order valence-corrected chi connectivity index (χ3v) is 5.37. The maximum absolute atomic E-state index is 13.6. The van der Waals surface area contributed by atoms with E-state index in [1.165, 1.54) is 0 Å². The van der Waals surface area contributed by atoms with Crippen LogP contribution in [0.3, 0.4) is 0 Å². The summed E-state index contributed by atoms with van der Waals surface area (Å²) in [5.41, 5.74) is 3.69. The van der Waals surface area contributed by atoms with Crippen molar-refractivity contribution in [3.63, 3.8) is 0 Å². The standard InChI is InChI=1S/C26H19NO/c28-27-24-18-10-9-16-22(24)21-15-7-8-17-23(21)26(27)25(19-11-3-1-4-12-19)20-13-5-2-6-14-20/h1-18,25H. The summed E-state index contributed by atoms with van der Waals surface area (Å²) in [7, 11) is 0. The number of rotatable bonds is 3. The molecule has 0 amide bonds. The summed E-state index contributed by atoms with van der Waals surface area (Å²) in [6, 6.07) is 36.6. The van der Waals surface area contributed by atoms with E-state index >= 15 is 0 Å². The lowest BCUT2D eigenvalue weighted by atomic mass is 9.85. The molecule has 5 aromatic rings. The van der Waals surface area contributed by atoms with Crippen molar-refractivity contribution in [2.45, 2.75) is 5.92 Å². The minimum absolute atomic E-state index is 0.144. The van der Waals surface area contributed by atoms with Crippen molar-refractivity contribution in [2.24, 2.45) is 0 Å².